The summed E-state index contributed by atoms with van der Waals surface area (Å²) < 4.78 is 6.15. The molecule has 1 aliphatic heterocycles. The van der Waals surface area contributed by atoms with Gasteiger partial charge in [-0.3, -0.25) is 4.79 Å². The number of unbranched alkanes of at least 4 members (excludes halogenated alkanes) is 1. The van der Waals surface area contributed by atoms with E-state index in [1.807, 2.05) is 24.3 Å². The predicted molar refractivity (Wildman–Crippen MR) is 92.7 cm³/mol. The SMILES string of the molecule is CCCCNC(=O)[C@@H]1C[C@H](Oc2cccc3ccccc23)CN1. The van der Waals surface area contributed by atoms with Crippen molar-refractivity contribution in [3.63, 3.8) is 0 Å². The van der Waals surface area contributed by atoms with Crippen LogP contribution in [-0.4, -0.2) is 31.1 Å². The highest BCUT2D eigenvalue weighted by Crippen LogP contribution is 2.27. The Labute approximate surface area is 137 Å². The highest BCUT2D eigenvalue weighted by molar-refractivity contribution is 5.88. The van der Waals surface area contributed by atoms with Crippen LogP contribution >= 0.6 is 0 Å². The van der Waals surface area contributed by atoms with Crippen molar-refractivity contribution in [3.05, 3.63) is 42.5 Å². The first-order chi connectivity index (χ1) is 11.3. The van der Waals surface area contributed by atoms with E-state index in [4.69, 9.17) is 4.74 Å². The van der Waals surface area contributed by atoms with Crippen molar-refractivity contribution in [2.24, 2.45) is 0 Å². The average molecular weight is 312 g/mol. The summed E-state index contributed by atoms with van der Waals surface area (Å²) in [6, 6.07) is 14.1. The number of hydrogen-bond donors (Lipinski definition) is 2. The fourth-order valence-electron chi connectivity index (χ4n) is 2.98. The molecule has 0 radical (unpaired) electrons. The first-order valence-electron chi connectivity index (χ1n) is 8.43. The maximum Gasteiger partial charge on any atom is 0.237 e. The smallest absolute Gasteiger partial charge is 0.237 e. The fraction of sp³-hybridized carbons (Fsp3) is 0.421. The Hall–Kier alpha value is -2.07. The molecular formula is C19H24N2O2. The monoisotopic (exact) mass is 312 g/mol. The second-order valence-electron chi connectivity index (χ2n) is 6.06. The molecule has 0 spiro atoms. The molecule has 0 saturated carbocycles. The van der Waals surface area contributed by atoms with Crippen molar-refractivity contribution in [2.45, 2.75) is 38.3 Å². The number of benzene rings is 2. The van der Waals surface area contributed by atoms with Gasteiger partial charge in [0.1, 0.15) is 11.9 Å². The third-order valence-electron chi connectivity index (χ3n) is 4.28. The molecule has 23 heavy (non-hydrogen) atoms. The molecule has 122 valence electrons. The summed E-state index contributed by atoms with van der Waals surface area (Å²) in [5.41, 5.74) is 0. The highest BCUT2D eigenvalue weighted by atomic mass is 16.5. The summed E-state index contributed by atoms with van der Waals surface area (Å²) in [6.45, 7) is 3.57. The van der Waals surface area contributed by atoms with Gasteiger partial charge in [0.2, 0.25) is 5.91 Å². The number of carbonyl (C=O) groups is 1. The summed E-state index contributed by atoms with van der Waals surface area (Å²) in [7, 11) is 0. The third kappa shape index (κ3) is 3.82. The minimum absolute atomic E-state index is 0.0303. The second-order valence-corrected chi connectivity index (χ2v) is 6.06. The van der Waals surface area contributed by atoms with E-state index in [2.05, 4.69) is 35.8 Å². The van der Waals surface area contributed by atoms with Gasteiger partial charge in [-0.25, -0.2) is 0 Å². The Bertz CT molecular complexity index is 666. The van der Waals surface area contributed by atoms with Gasteiger partial charge in [0.15, 0.2) is 0 Å². The molecule has 0 aromatic heterocycles. The van der Waals surface area contributed by atoms with Crippen molar-refractivity contribution in [1.29, 1.82) is 0 Å². The molecule has 1 saturated heterocycles. The van der Waals surface area contributed by atoms with E-state index >= 15 is 0 Å². The van der Waals surface area contributed by atoms with Crippen molar-refractivity contribution in [1.82, 2.24) is 10.6 Å². The van der Waals surface area contributed by atoms with Gasteiger partial charge in [-0.2, -0.15) is 0 Å². The lowest BCUT2D eigenvalue weighted by molar-refractivity contribution is -0.122. The normalized spacial score (nSPS) is 20.6. The Morgan fingerprint density at radius 3 is 2.96 bits per heavy atom. The molecule has 0 aliphatic carbocycles. The van der Waals surface area contributed by atoms with E-state index < -0.39 is 0 Å². The van der Waals surface area contributed by atoms with Crippen LogP contribution in [-0.2, 0) is 4.79 Å². The van der Waals surface area contributed by atoms with Gasteiger partial charge >= 0.3 is 0 Å². The quantitative estimate of drug-likeness (QED) is 0.807. The number of amides is 1. The van der Waals surface area contributed by atoms with Crippen LogP contribution in [0.25, 0.3) is 10.8 Å². The predicted octanol–water partition coefficient (Wildman–Crippen LogP) is 2.87. The van der Waals surface area contributed by atoms with E-state index in [1.165, 1.54) is 5.39 Å². The van der Waals surface area contributed by atoms with Gasteiger partial charge in [-0.1, -0.05) is 49.7 Å². The van der Waals surface area contributed by atoms with Gasteiger partial charge in [-0.15, -0.1) is 0 Å². The average Bonchev–Trinajstić information content (AvgIpc) is 3.04. The molecule has 1 aliphatic rings. The van der Waals surface area contributed by atoms with Gasteiger partial charge in [-0.05, 0) is 17.9 Å². The van der Waals surface area contributed by atoms with Crippen molar-refractivity contribution < 1.29 is 9.53 Å². The zero-order valence-corrected chi connectivity index (χ0v) is 13.5. The zero-order valence-electron chi connectivity index (χ0n) is 13.5. The summed E-state index contributed by atoms with van der Waals surface area (Å²) in [5, 5.41) is 8.53. The van der Waals surface area contributed by atoms with Crippen LogP contribution < -0.4 is 15.4 Å². The van der Waals surface area contributed by atoms with Crippen molar-refractivity contribution in [2.75, 3.05) is 13.1 Å². The molecule has 1 heterocycles. The summed E-state index contributed by atoms with van der Waals surface area (Å²) >= 11 is 0. The van der Waals surface area contributed by atoms with E-state index in [9.17, 15) is 4.79 Å². The Kier molecular flexibility index (Phi) is 5.13. The molecule has 2 aromatic carbocycles. The highest BCUT2D eigenvalue weighted by Gasteiger charge is 2.30. The number of ether oxygens (including phenoxy) is 1. The minimum Gasteiger partial charge on any atom is -0.488 e. The molecule has 0 bridgehead atoms. The first kappa shape index (κ1) is 15.8. The molecule has 3 rings (SSSR count). The number of nitrogens with one attached hydrogen (secondary N) is 2. The molecule has 0 unspecified atom stereocenters. The van der Waals surface area contributed by atoms with Crippen LogP contribution in [0, 0.1) is 0 Å². The van der Waals surface area contributed by atoms with Crippen LogP contribution in [0.3, 0.4) is 0 Å². The van der Waals surface area contributed by atoms with E-state index in [0.29, 0.717) is 13.0 Å². The standard InChI is InChI=1S/C19H24N2O2/c1-2-3-11-20-19(22)17-12-15(13-21-17)23-18-10-6-8-14-7-4-5-9-16(14)18/h4-10,15,17,21H,2-3,11-13H2,1H3,(H,20,22)/t15-,17-/m0/s1. The maximum absolute atomic E-state index is 12.1. The summed E-state index contributed by atoms with van der Waals surface area (Å²) in [5.74, 6) is 0.976. The summed E-state index contributed by atoms with van der Waals surface area (Å²) in [4.78, 5) is 12.1. The molecule has 1 amide bonds. The lowest BCUT2D eigenvalue weighted by Gasteiger charge is -2.15. The van der Waals surface area contributed by atoms with Gasteiger partial charge < -0.3 is 15.4 Å². The van der Waals surface area contributed by atoms with Crippen LogP contribution in [0.2, 0.25) is 0 Å². The van der Waals surface area contributed by atoms with E-state index in [-0.39, 0.29) is 18.1 Å². The van der Waals surface area contributed by atoms with Gasteiger partial charge in [0, 0.05) is 24.9 Å². The number of hydrogen-bond acceptors (Lipinski definition) is 3. The largest absolute Gasteiger partial charge is 0.488 e. The Balaban J connectivity index is 1.60. The van der Waals surface area contributed by atoms with Gasteiger partial charge in [0.05, 0.1) is 6.04 Å². The van der Waals surface area contributed by atoms with Crippen LogP contribution in [0.15, 0.2) is 42.5 Å². The first-order valence-corrected chi connectivity index (χ1v) is 8.43. The topological polar surface area (TPSA) is 50.4 Å². The number of fused-ring (bicyclic) bond motifs is 1. The van der Waals surface area contributed by atoms with Crippen LogP contribution in [0.1, 0.15) is 26.2 Å². The maximum atomic E-state index is 12.1. The lowest BCUT2D eigenvalue weighted by Crippen LogP contribution is -2.40. The molecule has 2 N–H and O–H groups in total. The van der Waals surface area contributed by atoms with Crippen molar-refractivity contribution in [3.8, 4) is 5.75 Å². The molecule has 2 atom stereocenters. The molecular weight excluding hydrogens is 288 g/mol. The molecule has 1 fully saturated rings. The molecule has 4 heteroatoms. The van der Waals surface area contributed by atoms with E-state index in [0.717, 1.165) is 30.5 Å². The molecule has 2 aromatic rings. The number of rotatable bonds is 6. The Morgan fingerprint density at radius 2 is 2.09 bits per heavy atom. The van der Waals surface area contributed by atoms with Crippen LogP contribution in [0.4, 0.5) is 0 Å². The van der Waals surface area contributed by atoms with Gasteiger partial charge in [0.25, 0.3) is 0 Å². The zero-order chi connectivity index (χ0) is 16.1. The lowest BCUT2D eigenvalue weighted by atomic mass is 10.1. The molecule has 4 nitrogen and oxygen atoms in total. The van der Waals surface area contributed by atoms with Crippen molar-refractivity contribution >= 4 is 16.7 Å². The second kappa shape index (κ2) is 7.47. The minimum atomic E-state index is -0.146. The third-order valence-corrected chi connectivity index (χ3v) is 4.28. The summed E-state index contributed by atoms with van der Waals surface area (Å²) in [6.07, 6.45) is 2.85. The Morgan fingerprint density at radius 1 is 1.26 bits per heavy atom. The van der Waals surface area contributed by atoms with E-state index in [1.54, 1.807) is 0 Å². The fourth-order valence-corrected chi connectivity index (χ4v) is 2.98. The number of carbonyl (C=O) groups excluding carboxylic acids is 1. The van der Waals surface area contributed by atoms with Crippen LogP contribution in [0.5, 0.6) is 5.75 Å².